The Balaban J connectivity index is 2.02. The molecule has 192 valence electrons. The summed E-state index contributed by atoms with van der Waals surface area (Å²) in [7, 11) is 0. The Bertz CT molecular complexity index is 1450. The third kappa shape index (κ3) is 5.59. The number of aromatic nitrogens is 1. The number of hydrogen-bond donors (Lipinski definition) is 2. The summed E-state index contributed by atoms with van der Waals surface area (Å²) < 4.78 is 42.4. The summed E-state index contributed by atoms with van der Waals surface area (Å²) in [5.41, 5.74) is 2.75. The lowest BCUT2D eigenvalue weighted by molar-refractivity contribution is -0.137. The molecule has 8 heteroatoms. The van der Waals surface area contributed by atoms with E-state index in [1.54, 1.807) is 36.4 Å². The maximum absolute atomic E-state index is 13.7. The first-order chi connectivity index (χ1) is 17.6. The van der Waals surface area contributed by atoms with E-state index < -0.39 is 11.7 Å². The second kappa shape index (κ2) is 10.6. The number of nitrogens with zero attached hydrogens (tertiary/aromatic N) is 2. The highest BCUT2D eigenvalue weighted by Crippen LogP contribution is 2.40. The molecule has 0 spiro atoms. The van der Waals surface area contributed by atoms with Gasteiger partial charge in [-0.3, -0.25) is 14.4 Å². The lowest BCUT2D eigenvalue weighted by atomic mass is 10.00. The van der Waals surface area contributed by atoms with Crippen LogP contribution in [0.4, 0.5) is 13.2 Å². The molecule has 4 rings (SSSR count). The molecule has 0 fully saturated rings. The average Bonchev–Trinajstić information content (AvgIpc) is 3.13. The van der Waals surface area contributed by atoms with E-state index in [-0.39, 0.29) is 42.3 Å². The molecular weight excluding hydrogens is 481 g/mol. The summed E-state index contributed by atoms with van der Waals surface area (Å²) in [5, 5.41) is 21.0. The summed E-state index contributed by atoms with van der Waals surface area (Å²) in [6.07, 6.45) is -4.11. The summed E-state index contributed by atoms with van der Waals surface area (Å²) >= 11 is 0. The van der Waals surface area contributed by atoms with Crippen molar-refractivity contribution >= 4 is 22.4 Å². The molecule has 4 aromatic rings. The van der Waals surface area contributed by atoms with Crippen LogP contribution < -0.4 is 0 Å². The number of alkyl halides is 3. The molecule has 0 radical (unpaired) electrons. The van der Waals surface area contributed by atoms with Gasteiger partial charge in [-0.15, -0.1) is 0 Å². The van der Waals surface area contributed by atoms with Gasteiger partial charge in [-0.1, -0.05) is 42.5 Å². The number of Topliss-reactive ketones (excluding diaryl/α,β-unsaturated/α-hetero) is 1. The zero-order valence-electron chi connectivity index (χ0n) is 20.5. The van der Waals surface area contributed by atoms with Gasteiger partial charge >= 0.3 is 6.18 Å². The molecule has 3 aromatic carbocycles. The SMILES string of the molecule is Cc1cc(C)cc(-n2c(O)c(C(=NCC(=O)CCCO)c3ccccc3)c3ccc(C(F)(F)F)cc32)c1. The van der Waals surface area contributed by atoms with Crippen LogP contribution in [0, 0.1) is 13.8 Å². The van der Waals surface area contributed by atoms with Gasteiger partial charge in [0.15, 0.2) is 5.78 Å². The smallest absolute Gasteiger partial charge is 0.416 e. The average molecular weight is 509 g/mol. The number of carbonyl (C=O) groups is 1. The number of halogens is 3. The van der Waals surface area contributed by atoms with E-state index in [4.69, 9.17) is 5.11 Å². The van der Waals surface area contributed by atoms with Crippen LogP contribution in [0.15, 0.2) is 71.7 Å². The Morgan fingerprint density at radius 2 is 1.65 bits per heavy atom. The van der Waals surface area contributed by atoms with Crippen molar-refractivity contribution in [2.45, 2.75) is 32.9 Å². The van der Waals surface area contributed by atoms with E-state index in [2.05, 4.69) is 4.99 Å². The Morgan fingerprint density at radius 3 is 2.27 bits per heavy atom. The van der Waals surface area contributed by atoms with E-state index >= 15 is 0 Å². The number of aliphatic hydroxyl groups is 1. The van der Waals surface area contributed by atoms with Crippen LogP contribution in [0.5, 0.6) is 5.88 Å². The van der Waals surface area contributed by atoms with Gasteiger partial charge in [0.05, 0.1) is 28.9 Å². The number of carbonyl (C=O) groups excluding carboxylic acids is 1. The molecule has 37 heavy (non-hydrogen) atoms. The van der Waals surface area contributed by atoms with Gasteiger partial charge < -0.3 is 10.2 Å². The van der Waals surface area contributed by atoms with Crippen molar-refractivity contribution in [2.75, 3.05) is 13.2 Å². The number of aliphatic hydroxyl groups excluding tert-OH is 1. The maximum atomic E-state index is 13.7. The standard InChI is InChI=1S/C29H27F3N2O3/c1-18-13-19(2)15-22(14-18)34-25-16-21(29(30,31)32)10-11-24(25)26(28(34)37)27(20-7-4-3-5-8-20)33-17-23(36)9-6-12-35/h3-5,7-8,10-11,13-16,35,37H,6,9,12,17H2,1-2H3. The number of aliphatic imine (C=N–C) groups is 1. The fraction of sp³-hybridized carbons (Fsp3) is 0.241. The number of aryl methyl sites for hydroxylation is 2. The van der Waals surface area contributed by atoms with Gasteiger partial charge in [-0.2, -0.15) is 13.2 Å². The Hall–Kier alpha value is -3.91. The molecule has 0 atom stereocenters. The number of hydrogen-bond acceptors (Lipinski definition) is 4. The number of fused-ring (bicyclic) bond motifs is 1. The second-order valence-corrected chi connectivity index (χ2v) is 9.01. The third-order valence-electron chi connectivity index (χ3n) is 6.05. The van der Waals surface area contributed by atoms with Crippen molar-refractivity contribution in [1.29, 1.82) is 0 Å². The van der Waals surface area contributed by atoms with Crippen molar-refractivity contribution in [3.8, 4) is 11.6 Å². The molecule has 1 aromatic heterocycles. The van der Waals surface area contributed by atoms with Crippen LogP contribution in [-0.4, -0.2) is 39.4 Å². The van der Waals surface area contributed by atoms with Gasteiger partial charge in [0, 0.05) is 29.7 Å². The van der Waals surface area contributed by atoms with Gasteiger partial charge in [-0.25, -0.2) is 0 Å². The van der Waals surface area contributed by atoms with Crippen LogP contribution in [0.3, 0.4) is 0 Å². The topological polar surface area (TPSA) is 74.8 Å². The van der Waals surface area contributed by atoms with Crippen molar-refractivity contribution < 1.29 is 28.2 Å². The van der Waals surface area contributed by atoms with E-state index in [0.29, 0.717) is 28.8 Å². The molecule has 1 heterocycles. The zero-order chi connectivity index (χ0) is 26.7. The highest BCUT2D eigenvalue weighted by Gasteiger charge is 2.32. The van der Waals surface area contributed by atoms with Gasteiger partial charge in [0.25, 0.3) is 0 Å². The van der Waals surface area contributed by atoms with Crippen LogP contribution >= 0.6 is 0 Å². The summed E-state index contributed by atoms with van der Waals surface area (Å²) in [4.78, 5) is 16.9. The quantitative estimate of drug-likeness (QED) is 0.280. The summed E-state index contributed by atoms with van der Waals surface area (Å²) in [6.45, 7) is 3.43. The minimum atomic E-state index is -4.57. The lowest BCUT2D eigenvalue weighted by Gasteiger charge is -2.12. The second-order valence-electron chi connectivity index (χ2n) is 9.01. The van der Waals surface area contributed by atoms with E-state index in [1.165, 1.54) is 10.6 Å². The van der Waals surface area contributed by atoms with Gasteiger partial charge in [-0.05, 0) is 55.7 Å². The molecule has 5 nitrogen and oxygen atoms in total. The van der Waals surface area contributed by atoms with Crippen molar-refractivity contribution in [2.24, 2.45) is 4.99 Å². The molecule has 0 aliphatic rings. The highest BCUT2D eigenvalue weighted by molar-refractivity contribution is 6.22. The van der Waals surface area contributed by atoms with Crippen molar-refractivity contribution in [3.63, 3.8) is 0 Å². The molecule has 0 amide bonds. The number of ketones is 1. The van der Waals surface area contributed by atoms with E-state index in [9.17, 15) is 23.1 Å². The molecule has 0 bridgehead atoms. The first-order valence-corrected chi connectivity index (χ1v) is 11.9. The maximum Gasteiger partial charge on any atom is 0.416 e. The minimum Gasteiger partial charge on any atom is -0.494 e. The molecule has 0 aliphatic heterocycles. The summed E-state index contributed by atoms with van der Waals surface area (Å²) in [6, 6.07) is 17.7. The monoisotopic (exact) mass is 508 g/mol. The third-order valence-corrected chi connectivity index (χ3v) is 6.05. The van der Waals surface area contributed by atoms with Crippen molar-refractivity contribution in [1.82, 2.24) is 4.57 Å². The summed E-state index contributed by atoms with van der Waals surface area (Å²) in [5.74, 6) is -0.468. The minimum absolute atomic E-state index is 0.118. The largest absolute Gasteiger partial charge is 0.494 e. The van der Waals surface area contributed by atoms with Crippen LogP contribution in [-0.2, 0) is 11.0 Å². The Morgan fingerprint density at radius 1 is 0.973 bits per heavy atom. The highest BCUT2D eigenvalue weighted by atomic mass is 19.4. The van der Waals surface area contributed by atoms with Crippen LogP contribution in [0.2, 0.25) is 0 Å². The first kappa shape index (κ1) is 26.2. The van der Waals surface area contributed by atoms with E-state index in [0.717, 1.165) is 23.3 Å². The van der Waals surface area contributed by atoms with Crippen molar-refractivity contribution in [3.05, 3.63) is 94.5 Å². The molecule has 0 saturated carbocycles. The molecule has 0 saturated heterocycles. The fourth-order valence-electron chi connectivity index (χ4n) is 4.46. The molecule has 2 N–H and O–H groups in total. The van der Waals surface area contributed by atoms with Crippen LogP contribution in [0.25, 0.3) is 16.6 Å². The van der Waals surface area contributed by atoms with Crippen LogP contribution in [0.1, 0.15) is 40.7 Å². The molecule has 0 aliphatic carbocycles. The first-order valence-electron chi connectivity index (χ1n) is 11.9. The predicted octanol–water partition coefficient (Wildman–Crippen LogP) is 6.15. The zero-order valence-corrected chi connectivity index (χ0v) is 20.5. The Kier molecular flexibility index (Phi) is 7.50. The lowest BCUT2D eigenvalue weighted by Crippen LogP contribution is -2.10. The van der Waals surface area contributed by atoms with E-state index in [1.807, 2.05) is 26.0 Å². The molecular formula is C29H27F3N2O3. The normalized spacial score (nSPS) is 12.3. The van der Waals surface area contributed by atoms with Gasteiger partial charge in [0.2, 0.25) is 5.88 Å². The number of aromatic hydroxyl groups is 1. The van der Waals surface area contributed by atoms with Gasteiger partial charge in [0.1, 0.15) is 0 Å². The number of benzene rings is 3. The fourth-order valence-corrected chi connectivity index (χ4v) is 4.46. The number of rotatable bonds is 8. The predicted molar refractivity (Wildman–Crippen MR) is 138 cm³/mol. The molecule has 0 unspecified atom stereocenters. The Labute approximate surface area is 212 Å².